The van der Waals surface area contributed by atoms with Gasteiger partial charge in [-0.3, -0.25) is 0 Å². The zero-order valence-electron chi connectivity index (χ0n) is 15.1. The number of benzene rings is 1. The average Bonchev–Trinajstić information content (AvgIpc) is 3.20. The highest BCUT2D eigenvalue weighted by molar-refractivity contribution is 5.80. The molecule has 27 heavy (non-hydrogen) atoms. The molecule has 1 aromatic heterocycles. The van der Waals surface area contributed by atoms with E-state index in [-0.39, 0.29) is 11.3 Å². The molecule has 2 heterocycles. The second-order valence-corrected chi connectivity index (χ2v) is 6.18. The number of allylic oxidation sites excluding steroid dienone is 4. The van der Waals surface area contributed by atoms with Crippen LogP contribution in [0.5, 0.6) is 0 Å². The minimum atomic E-state index is -0.774. The first kappa shape index (κ1) is 18.6. The number of anilines is 1. The van der Waals surface area contributed by atoms with Gasteiger partial charge >= 0.3 is 0 Å². The van der Waals surface area contributed by atoms with E-state index in [1.165, 1.54) is 6.07 Å². The van der Waals surface area contributed by atoms with Crippen molar-refractivity contribution in [2.24, 2.45) is 0 Å². The second kappa shape index (κ2) is 8.03. The molecule has 3 rings (SSSR count). The maximum atomic E-state index is 14.4. The Labute approximate surface area is 156 Å². The lowest BCUT2D eigenvalue weighted by atomic mass is 9.97. The molecule has 0 amide bonds. The summed E-state index contributed by atoms with van der Waals surface area (Å²) in [4.78, 5) is 1.73. The van der Waals surface area contributed by atoms with Crippen LogP contribution in [0.1, 0.15) is 37.5 Å². The van der Waals surface area contributed by atoms with Crippen molar-refractivity contribution in [2.45, 2.75) is 26.2 Å². The Morgan fingerprint density at radius 3 is 2.78 bits per heavy atom. The maximum absolute atomic E-state index is 14.4. The number of nitrogens with zero attached hydrogens (tertiary/aromatic N) is 2. The Balaban J connectivity index is 2.08. The molecule has 4 nitrogen and oxygen atoms in total. The summed E-state index contributed by atoms with van der Waals surface area (Å²) in [6.07, 6.45) is 11.0. The van der Waals surface area contributed by atoms with Gasteiger partial charge in [0, 0.05) is 29.6 Å². The van der Waals surface area contributed by atoms with Crippen molar-refractivity contribution in [3.63, 3.8) is 0 Å². The number of nitrogens with two attached hydrogens (primary N) is 1. The highest BCUT2D eigenvalue weighted by Crippen LogP contribution is 2.34. The molecule has 1 aliphatic heterocycles. The van der Waals surface area contributed by atoms with E-state index in [1.807, 2.05) is 0 Å². The highest BCUT2D eigenvalue weighted by atomic mass is 19.1. The van der Waals surface area contributed by atoms with E-state index in [4.69, 9.17) is 10.3 Å². The molecule has 140 valence electrons. The first-order valence-electron chi connectivity index (χ1n) is 8.75. The van der Waals surface area contributed by atoms with E-state index in [9.17, 15) is 8.78 Å². The van der Waals surface area contributed by atoms with Gasteiger partial charge in [-0.15, -0.1) is 0 Å². The van der Waals surface area contributed by atoms with Gasteiger partial charge in [-0.2, -0.15) is 0 Å². The van der Waals surface area contributed by atoms with Crippen molar-refractivity contribution < 1.29 is 13.3 Å². The Kier molecular flexibility index (Phi) is 5.54. The quantitative estimate of drug-likeness (QED) is 0.684. The van der Waals surface area contributed by atoms with Crippen LogP contribution in [0.2, 0.25) is 0 Å². The number of nitrogen functional groups attached to an aromatic ring is 1. The molecule has 2 N–H and O–H groups in total. The van der Waals surface area contributed by atoms with Gasteiger partial charge in [0.25, 0.3) is 0 Å². The molecule has 2 aromatic rings. The fourth-order valence-electron chi connectivity index (χ4n) is 3.01. The van der Waals surface area contributed by atoms with Gasteiger partial charge in [-0.1, -0.05) is 31.2 Å². The predicted molar refractivity (Wildman–Crippen MR) is 103 cm³/mol. The van der Waals surface area contributed by atoms with Crippen LogP contribution in [0.4, 0.5) is 14.5 Å². The van der Waals surface area contributed by atoms with Crippen molar-refractivity contribution in [2.75, 3.05) is 5.73 Å². The summed E-state index contributed by atoms with van der Waals surface area (Å²) in [5.41, 5.74) is 7.49. The van der Waals surface area contributed by atoms with E-state index in [2.05, 4.69) is 18.7 Å². The monoisotopic (exact) mass is 369 g/mol. The molecule has 0 bridgehead atoms. The highest BCUT2D eigenvalue weighted by Gasteiger charge is 2.21. The predicted octanol–water partition coefficient (Wildman–Crippen LogP) is 5.49. The van der Waals surface area contributed by atoms with Crippen molar-refractivity contribution in [3.8, 4) is 0 Å². The molecular formula is C21H21F2N3O. The van der Waals surface area contributed by atoms with Crippen molar-refractivity contribution in [1.82, 2.24) is 10.1 Å². The normalized spacial score (nSPS) is 15.7. The lowest BCUT2D eigenvalue weighted by Gasteiger charge is -2.25. The SMILES string of the molecule is C=CN1C=C(c2c(F)ccc(N)c2F)C=C/C1=C(/CCCC)c1ccno1. The van der Waals surface area contributed by atoms with E-state index < -0.39 is 11.6 Å². The number of halogens is 2. The first-order chi connectivity index (χ1) is 13.1. The average molecular weight is 369 g/mol. The van der Waals surface area contributed by atoms with Gasteiger partial charge in [0.15, 0.2) is 11.6 Å². The Morgan fingerprint density at radius 1 is 1.30 bits per heavy atom. The molecule has 0 unspecified atom stereocenters. The van der Waals surface area contributed by atoms with Crippen molar-refractivity contribution >= 4 is 16.8 Å². The van der Waals surface area contributed by atoms with E-state index in [1.54, 1.807) is 41.7 Å². The van der Waals surface area contributed by atoms with E-state index in [0.717, 1.165) is 36.6 Å². The van der Waals surface area contributed by atoms with Crippen LogP contribution in [-0.2, 0) is 0 Å². The standard InChI is InChI=1S/C21H21F2N3O/c1-3-5-6-15(19-11-12-25-27-19)18-10-7-14(13-26(18)4-2)20-16(22)8-9-17(24)21(20)23/h4,7-13H,2-3,5-6,24H2,1H3/b18-15+. The van der Waals surface area contributed by atoms with E-state index in [0.29, 0.717) is 11.3 Å². The molecule has 0 saturated heterocycles. The van der Waals surface area contributed by atoms with Crippen LogP contribution in [0.15, 0.2) is 65.7 Å². The lowest BCUT2D eigenvalue weighted by Crippen LogP contribution is -2.14. The number of hydrogen-bond donors (Lipinski definition) is 1. The maximum Gasteiger partial charge on any atom is 0.164 e. The lowest BCUT2D eigenvalue weighted by molar-refractivity contribution is 0.407. The molecule has 1 aliphatic rings. The summed E-state index contributed by atoms with van der Waals surface area (Å²) in [6.45, 7) is 5.93. The Hall–Kier alpha value is -3.15. The third kappa shape index (κ3) is 3.69. The minimum absolute atomic E-state index is 0.0995. The molecule has 0 radical (unpaired) electrons. The summed E-state index contributed by atoms with van der Waals surface area (Å²) in [5.74, 6) is -0.785. The van der Waals surface area contributed by atoms with Gasteiger partial charge in [0.2, 0.25) is 0 Å². The van der Waals surface area contributed by atoms with Gasteiger partial charge in [0.05, 0.1) is 23.1 Å². The smallest absolute Gasteiger partial charge is 0.164 e. The molecule has 6 heteroatoms. The minimum Gasteiger partial charge on any atom is -0.396 e. The zero-order valence-corrected chi connectivity index (χ0v) is 15.1. The summed E-state index contributed by atoms with van der Waals surface area (Å²) >= 11 is 0. The van der Waals surface area contributed by atoms with Gasteiger partial charge < -0.3 is 15.2 Å². The fourth-order valence-corrected chi connectivity index (χ4v) is 3.01. The van der Waals surface area contributed by atoms with Crippen LogP contribution in [0, 0.1) is 11.6 Å². The van der Waals surface area contributed by atoms with Crippen LogP contribution in [0.3, 0.4) is 0 Å². The van der Waals surface area contributed by atoms with Crippen LogP contribution < -0.4 is 5.73 Å². The molecule has 0 fully saturated rings. The van der Waals surface area contributed by atoms with Gasteiger partial charge in [-0.05, 0) is 31.1 Å². The zero-order chi connectivity index (χ0) is 19.4. The largest absolute Gasteiger partial charge is 0.396 e. The number of aromatic nitrogens is 1. The number of rotatable bonds is 6. The molecule has 1 aromatic carbocycles. The Bertz CT molecular complexity index is 927. The van der Waals surface area contributed by atoms with Crippen LogP contribution in [-0.4, -0.2) is 10.1 Å². The molecular weight excluding hydrogens is 348 g/mol. The van der Waals surface area contributed by atoms with Crippen LogP contribution >= 0.6 is 0 Å². The molecule has 0 spiro atoms. The third-order valence-electron chi connectivity index (χ3n) is 4.41. The molecule has 0 saturated carbocycles. The summed E-state index contributed by atoms with van der Waals surface area (Å²) in [7, 11) is 0. The number of hydrogen-bond acceptors (Lipinski definition) is 4. The third-order valence-corrected chi connectivity index (χ3v) is 4.41. The Morgan fingerprint density at radius 2 is 2.11 bits per heavy atom. The van der Waals surface area contributed by atoms with Crippen LogP contribution in [0.25, 0.3) is 11.1 Å². The fraction of sp³-hybridized carbons (Fsp3) is 0.190. The molecule has 0 atom stereocenters. The first-order valence-corrected chi connectivity index (χ1v) is 8.75. The van der Waals surface area contributed by atoms with E-state index >= 15 is 0 Å². The summed E-state index contributed by atoms with van der Waals surface area (Å²) in [6, 6.07) is 4.17. The molecule has 0 aliphatic carbocycles. The van der Waals surface area contributed by atoms with Crippen molar-refractivity contribution in [3.05, 3.63) is 84.2 Å². The summed E-state index contributed by atoms with van der Waals surface area (Å²) in [5, 5.41) is 3.79. The summed E-state index contributed by atoms with van der Waals surface area (Å²) < 4.78 is 34.0. The van der Waals surface area contributed by atoms with Gasteiger partial charge in [0.1, 0.15) is 5.82 Å². The van der Waals surface area contributed by atoms with Crippen molar-refractivity contribution in [1.29, 1.82) is 0 Å². The topological polar surface area (TPSA) is 55.3 Å². The second-order valence-electron chi connectivity index (χ2n) is 6.18. The number of unbranched alkanes of at least 4 members (excludes halogenated alkanes) is 1. The van der Waals surface area contributed by atoms with Gasteiger partial charge in [-0.25, -0.2) is 8.78 Å².